The lowest BCUT2D eigenvalue weighted by atomic mass is 9.94. The average molecular weight is 199 g/mol. The minimum Gasteiger partial charge on any atom is -0.481 e. The third-order valence-corrected chi connectivity index (χ3v) is 2.74. The van der Waals surface area contributed by atoms with Crippen LogP contribution in [0.5, 0.6) is 0 Å². The summed E-state index contributed by atoms with van der Waals surface area (Å²) in [5, 5.41) is 8.53. The molecule has 1 atom stereocenters. The summed E-state index contributed by atoms with van der Waals surface area (Å²) in [6, 6.07) is 0. The number of ketones is 1. The number of Topliss-reactive ketones (excluding diaryl/α,β-unsaturated/α-hetero) is 1. The molecule has 0 aromatic rings. The summed E-state index contributed by atoms with van der Waals surface area (Å²) in [5.41, 5.74) is 0. The molecule has 0 aliphatic carbocycles. The molecule has 0 aromatic carbocycles. The van der Waals surface area contributed by atoms with E-state index in [1.807, 2.05) is 6.92 Å². The zero-order chi connectivity index (χ0) is 10.6. The third kappa shape index (κ3) is 3.10. The first kappa shape index (κ1) is 11.2. The molecule has 14 heavy (non-hydrogen) atoms. The maximum atomic E-state index is 11.4. The smallest absolute Gasteiger partial charge is 0.304 e. The van der Waals surface area contributed by atoms with E-state index in [0.29, 0.717) is 18.7 Å². The van der Waals surface area contributed by atoms with Gasteiger partial charge in [-0.1, -0.05) is 6.92 Å². The lowest BCUT2D eigenvalue weighted by Gasteiger charge is -2.30. The monoisotopic (exact) mass is 199 g/mol. The van der Waals surface area contributed by atoms with Gasteiger partial charge in [0.2, 0.25) is 0 Å². The van der Waals surface area contributed by atoms with Crippen molar-refractivity contribution in [3.05, 3.63) is 0 Å². The molecule has 0 radical (unpaired) electrons. The molecule has 1 aliphatic rings. The molecule has 1 heterocycles. The summed E-state index contributed by atoms with van der Waals surface area (Å²) >= 11 is 0. The SMILES string of the molecule is CCC1CN(CCC(=O)O)CCC1=O. The first-order valence-electron chi connectivity index (χ1n) is 5.10. The predicted octanol–water partition coefficient (Wildman–Crippen LogP) is 0.762. The number of piperidine rings is 1. The van der Waals surface area contributed by atoms with Crippen molar-refractivity contribution in [2.75, 3.05) is 19.6 Å². The molecule has 0 bridgehead atoms. The molecule has 1 unspecified atom stereocenters. The quantitative estimate of drug-likeness (QED) is 0.726. The molecular formula is C10H17NO3. The standard InChI is InChI=1S/C10H17NO3/c1-2-8-7-11(5-3-9(8)12)6-4-10(13)14/h8H,2-7H2,1H3,(H,13,14). The van der Waals surface area contributed by atoms with E-state index in [1.165, 1.54) is 0 Å². The second kappa shape index (κ2) is 5.10. The molecule has 4 nitrogen and oxygen atoms in total. The molecule has 1 fully saturated rings. The minimum atomic E-state index is -0.769. The predicted molar refractivity (Wildman–Crippen MR) is 52.1 cm³/mol. The van der Waals surface area contributed by atoms with Gasteiger partial charge in [-0.2, -0.15) is 0 Å². The molecule has 1 saturated heterocycles. The number of nitrogens with zero attached hydrogens (tertiary/aromatic N) is 1. The molecule has 0 saturated carbocycles. The number of carboxylic acids is 1. The first-order chi connectivity index (χ1) is 6.63. The van der Waals surface area contributed by atoms with Crippen LogP contribution < -0.4 is 0 Å². The van der Waals surface area contributed by atoms with Gasteiger partial charge in [0.05, 0.1) is 6.42 Å². The number of likely N-dealkylation sites (tertiary alicyclic amines) is 1. The van der Waals surface area contributed by atoms with Crippen LogP contribution in [0.4, 0.5) is 0 Å². The molecular weight excluding hydrogens is 182 g/mol. The van der Waals surface area contributed by atoms with Crippen molar-refractivity contribution >= 4 is 11.8 Å². The van der Waals surface area contributed by atoms with Crippen molar-refractivity contribution in [2.24, 2.45) is 5.92 Å². The van der Waals surface area contributed by atoms with Gasteiger partial charge in [-0.3, -0.25) is 9.59 Å². The van der Waals surface area contributed by atoms with Gasteiger partial charge in [0.15, 0.2) is 0 Å². The first-order valence-corrected chi connectivity index (χ1v) is 5.10. The van der Waals surface area contributed by atoms with Crippen LogP contribution >= 0.6 is 0 Å². The van der Waals surface area contributed by atoms with Gasteiger partial charge < -0.3 is 10.0 Å². The second-order valence-corrected chi connectivity index (χ2v) is 3.77. The van der Waals surface area contributed by atoms with Gasteiger partial charge in [0, 0.05) is 32.0 Å². The van der Waals surface area contributed by atoms with E-state index >= 15 is 0 Å². The van der Waals surface area contributed by atoms with Crippen molar-refractivity contribution in [1.29, 1.82) is 0 Å². The van der Waals surface area contributed by atoms with E-state index in [4.69, 9.17) is 5.11 Å². The molecule has 1 N–H and O–H groups in total. The topological polar surface area (TPSA) is 57.6 Å². The van der Waals surface area contributed by atoms with Crippen molar-refractivity contribution in [3.8, 4) is 0 Å². The highest BCUT2D eigenvalue weighted by molar-refractivity contribution is 5.82. The molecule has 0 aromatic heterocycles. The van der Waals surface area contributed by atoms with Gasteiger partial charge in [-0.05, 0) is 6.42 Å². The van der Waals surface area contributed by atoms with Crippen LogP contribution in [-0.4, -0.2) is 41.4 Å². The fraction of sp³-hybridized carbons (Fsp3) is 0.800. The Morgan fingerprint density at radius 1 is 1.64 bits per heavy atom. The Morgan fingerprint density at radius 3 is 2.93 bits per heavy atom. The van der Waals surface area contributed by atoms with Crippen LogP contribution in [-0.2, 0) is 9.59 Å². The van der Waals surface area contributed by atoms with E-state index in [1.54, 1.807) is 0 Å². The maximum Gasteiger partial charge on any atom is 0.304 e. The Labute approximate surface area is 83.9 Å². The minimum absolute atomic E-state index is 0.123. The van der Waals surface area contributed by atoms with Crippen LogP contribution in [0.1, 0.15) is 26.2 Å². The second-order valence-electron chi connectivity index (χ2n) is 3.77. The van der Waals surface area contributed by atoms with Gasteiger partial charge in [0.25, 0.3) is 0 Å². The van der Waals surface area contributed by atoms with Crippen LogP contribution in [0.25, 0.3) is 0 Å². The molecule has 4 heteroatoms. The zero-order valence-corrected chi connectivity index (χ0v) is 8.53. The van der Waals surface area contributed by atoms with Crippen molar-refractivity contribution in [3.63, 3.8) is 0 Å². The van der Waals surface area contributed by atoms with Crippen LogP contribution in [0.15, 0.2) is 0 Å². The Bertz CT molecular complexity index is 227. The largest absolute Gasteiger partial charge is 0.481 e. The maximum absolute atomic E-state index is 11.4. The number of rotatable bonds is 4. The summed E-state index contributed by atoms with van der Waals surface area (Å²) in [5.74, 6) is -0.313. The highest BCUT2D eigenvalue weighted by Crippen LogP contribution is 2.15. The Kier molecular flexibility index (Phi) is 4.07. The van der Waals surface area contributed by atoms with Gasteiger partial charge in [0.1, 0.15) is 5.78 Å². The normalized spacial score (nSPS) is 23.8. The van der Waals surface area contributed by atoms with Crippen molar-refractivity contribution in [2.45, 2.75) is 26.2 Å². The zero-order valence-electron chi connectivity index (χ0n) is 8.53. The highest BCUT2D eigenvalue weighted by atomic mass is 16.4. The molecule has 0 spiro atoms. The summed E-state index contributed by atoms with van der Waals surface area (Å²) in [6.45, 7) is 4.04. The fourth-order valence-electron chi connectivity index (χ4n) is 1.79. The number of carbonyl (C=O) groups is 2. The highest BCUT2D eigenvalue weighted by Gasteiger charge is 2.25. The Hall–Kier alpha value is -0.900. The van der Waals surface area contributed by atoms with Crippen LogP contribution in [0.3, 0.4) is 0 Å². The Morgan fingerprint density at radius 2 is 2.36 bits per heavy atom. The number of hydrogen-bond donors (Lipinski definition) is 1. The molecule has 1 rings (SSSR count). The van der Waals surface area contributed by atoms with E-state index in [9.17, 15) is 9.59 Å². The lowest BCUT2D eigenvalue weighted by Crippen LogP contribution is -2.41. The summed E-state index contributed by atoms with van der Waals surface area (Å²) in [7, 11) is 0. The fourth-order valence-corrected chi connectivity index (χ4v) is 1.79. The van der Waals surface area contributed by atoms with E-state index in [2.05, 4.69) is 4.90 Å². The molecule has 1 aliphatic heterocycles. The van der Waals surface area contributed by atoms with E-state index in [0.717, 1.165) is 19.5 Å². The van der Waals surface area contributed by atoms with Crippen molar-refractivity contribution in [1.82, 2.24) is 4.90 Å². The number of hydrogen-bond acceptors (Lipinski definition) is 3. The average Bonchev–Trinajstić information content (AvgIpc) is 2.16. The van der Waals surface area contributed by atoms with E-state index < -0.39 is 5.97 Å². The number of carbonyl (C=O) groups excluding carboxylic acids is 1. The van der Waals surface area contributed by atoms with Crippen LogP contribution in [0.2, 0.25) is 0 Å². The summed E-state index contributed by atoms with van der Waals surface area (Å²) < 4.78 is 0. The molecule has 80 valence electrons. The third-order valence-electron chi connectivity index (χ3n) is 2.74. The van der Waals surface area contributed by atoms with Crippen LogP contribution in [0, 0.1) is 5.92 Å². The number of carboxylic acid groups (broad SMARTS) is 1. The number of aliphatic carboxylic acids is 1. The van der Waals surface area contributed by atoms with E-state index in [-0.39, 0.29) is 12.3 Å². The Balaban J connectivity index is 2.34. The summed E-state index contributed by atoms with van der Waals surface area (Å²) in [6.07, 6.45) is 1.62. The molecule has 0 amide bonds. The van der Waals surface area contributed by atoms with Gasteiger partial charge in [-0.15, -0.1) is 0 Å². The summed E-state index contributed by atoms with van der Waals surface area (Å²) in [4.78, 5) is 23.8. The van der Waals surface area contributed by atoms with Gasteiger partial charge >= 0.3 is 5.97 Å². The lowest BCUT2D eigenvalue weighted by molar-refractivity contribution is -0.137. The van der Waals surface area contributed by atoms with Crippen molar-refractivity contribution < 1.29 is 14.7 Å². The van der Waals surface area contributed by atoms with Gasteiger partial charge in [-0.25, -0.2) is 0 Å².